The van der Waals surface area contributed by atoms with Gasteiger partial charge in [-0.15, -0.1) is 0 Å². The number of rotatable bonds is 6. The molecule has 36 heavy (non-hydrogen) atoms. The van der Waals surface area contributed by atoms with Crippen LogP contribution in [0.3, 0.4) is 0 Å². The van der Waals surface area contributed by atoms with Gasteiger partial charge in [0, 0.05) is 22.6 Å². The van der Waals surface area contributed by atoms with E-state index in [9.17, 15) is 8.42 Å². The number of hydrogen-bond donors (Lipinski definition) is 1. The van der Waals surface area contributed by atoms with Gasteiger partial charge in [-0.25, -0.2) is 22.8 Å². The molecule has 0 atom stereocenters. The Morgan fingerprint density at radius 2 is 1.72 bits per heavy atom. The Morgan fingerprint density at radius 3 is 2.42 bits per heavy atom. The van der Waals surface area contributed by atoms with E-state index < -0.39 is 15.8 Å². The molecule has 0 amide bonds. The molecule has 0 radical (unpaired) electrons. The van der Waals surface area contributed by atoms with Crippen molar-refractivity contribution >= 4 is 26.7 Å². The molecule has 5 rings (SSSR count). The van der Waals surface area contributed by atoms with Crippen LogP contribution in [0.15, 0.2) is 76.6 Å². The maximum atomic E-state index is 15.4. The van der Waals surface area contributed by atoms with Crippen molar-refractivity contribution in [2.75, 3.05) is 11.8 Å². The van der Waals surface area contributed by atoms with E-state index in [1.807, 2.05) is 32.0 Å². The van der Waals surface area contributed by atoms with Crippen molar-refractivity contribution in [3.05, 3.63) is 84.1 Å². The lowest BCUT2D eigenvalue weighted by atomic mass is 9.97. The molecular weight excluding hydrogens is 483 g/mol. The molecule has 8 nitrogen and oxygen atoms in total. The standard InChI is InChI=1S/C26H21FN4O4S/c1-15-8-16(2)10-17(9-15)20-13-24(34-3)21(12-22(20)27)26-19-5-4-18(11-23(19)28-14-29-26)36(32,33)31-25-6-7-35-30-25/h4-14H,1-3H3,(H,30,31). The predicted molar refractivity (Wildman–Crippen MR) is 134 cm³/mol. The van der Waals surface area contributed by atoms with E-state index >= 15 is 4.39 Å². The number of sulfonamides is 1. The third kappa shape index (κ3) is 4.38. The van der Waals surface area contributed by atoms with E-state index in [2.05, 4.69) is 24.4 Å². The topological polar surface area (TPSA) is 107 Å². The van der Waals surface area contributed by atoms with Crippen LogP contribution < -0.4 is 9.46 Å². The second-order valence-electron chi connectivity index (χ2n) is 8.30. The molecule has 0 bridgehead atoms. The molecule has 0 aliphatic rings. The minimum atomic E-state index is -3.93. The lowest BCUT2D eigenvalue weighted by Gasteiger charge is -2.14. The minimum absolute atomic E-state index is 0.0223. The fourth-order valence-electron chi connectivity index (χ4n) is 4.14. The van der Waals surface area contributed by atoms with Gasteiger partial charge in [0.2, 0.25) is 0 Å². The molecular formula is C26H21FN4O4S. The highest BCUT2D eigenvalue weighted by Crippen LogP contribution is 2.38. The first-order chi connectivity index (χ1) is 17.2. The molecule has 2 heterocycles. The van der Waals surface area contributed by atoms with Crippen LogP contribution in [0.1, 0.15) is 11.1 Å². The van der Waals surface area contributed by atoms with Crippen molar-refractivity contribution < 1.29 is 22.1 Å². The van der Waals surface area contributed by atoms with Crippen LogP contribution >= 0.6 is 0 Å². The average molecular weight is 505 g/mol. The van der Waals surface area contributed by atoms with Gasteiger partial charge in [0.15, 0.2) is 5.82 Å². The van der Waals surface area contributed by atoms with Gasteiger partial charge in [0.25, 0.3) is 10.0 Å². The molecule has 0 spiro atoms. The van der Waals surface area contributed by atoms with Crippen LogP contribution in [0.2, 0.25) is 0 Å². The van der Waals surface area contributed by atoms with Crippen molar-refractivity contribution in [3.8, 4) is 28.1 Å². The number of anilines is 1. The first-order valence-corrected chi connectivity index (χ1v) is 12.4. The molecule has 0 saturated carbocycles. The first-order valence-electron chi connectivity index (χ1n) is 10.9. The van der Waals surface area contributed by atoms with Crippen molar-refractivity contribution in [2.45, 2.75) is 18.7 Å². The number of benzene rings is 3. The molecule has 182 valence electrons. The number of fused-ring (bicyclic) bond motifs is 1. The van der Waals surface area contributed by atoms with Gasteiger partial charge < -0.3 is 9.26 Å². The van der Waals surface area contributed by atoms with Gasteiger partial charge in [-0.05, 0) is 49.7 Å². The quantitative estimate of drug-likeness (QED) is 0.325. The summed E-state index contributed by atoms with van der Waals surface area (Å²) in [5.74, 6) is 0.0520. The highest BCUT2D eigenvalue weighted by molar-refractivity contribution is 7.92. The fourth-order valence-corrected chi connectivity index (χ4v) is 5.15. The van der Waals surface area contributed by atoms with E-state index in [0.717, 1.165) is 16.7 Å². The normalized spacial score (nSPS) is 11.6. The fraction of sp³-hybridized carbons (Fsp3) is 0.115. The smallest absolute Gasteiger partial charge is 0.263 e. The maximum absolute atomic E-state index is 15.4. The summed E-state index contributed by atoms with van der Waals surface area (Å²) in [4.78, 5) is 8.57. The Bertz CT molecular complexity index is 1680. The van der Waals surface area contributed by atoms with Gasteiger partial charge in [0.05, 0.1) is 23.2 Å². The van der Waals surface area contributed by atoms with Crippen molar-refractivity contribution in [3.63, 3.8) is 0 Å². The molecule has 0 fully saturated rings. The van der Waals surface area contributed by atoms with Crippen LogP contribution in [0.5, 0.6) is 5.75 Å². The van der Waals surface area contributed by atoms with Crippen molar-refractivity contribution in [1.82, 2.24) is 15.1 Å². The van der Waals surface area contributed by atoms with Gasteiger partial charge >= 0.3 is 0 Å². The lowest BCUT2D eigenvalue weighted by Crippen LogP contribution is -2.13. The van der Waals surface area contributed by atoms with Crippen LogP contribution in [-0.4, -0.2) is 30.7 Å². The third-order valence-corrected chi connectivity index (χ3v) is 7.02. The number of methoxy groups -OCH3 is 1. The summed E-state index contributed by atoms with van der Waals surface area (Å²) in [5.41, 5.74) is 4.41. The number of hydrogen-bond acceptors (Lipinski definition) is 7. The van der Waals surface area contributed by atoms with Gasteiger partial charge in [-0.3, -0.25) is 4.72 Å². The third-order valence-electron chi connectivity index (χ3n) is 5.67. The second kappa shape index (κ2) is 9.04. The van der Waals surface area contributed by atoms with Crippen LogP contribution in [0, 0.1) is 19.7 Å². The second-order valence-corrected chi connectivity index (χ2v) is 9.98. The zero-order chi connectivity index (χ0) is 25.4. The zero-order valence-corrected chi connectivity index (χ0v) is 20.4. The predicted octanol–water partition coefficient (Wildman–Crippen LogP) is 5.52. The van der Waals surface area contributed by atoms with E-state index in [0.29, 0.717) is 33.5 Å². The number of nitrogens with one attached hydrogen (secondary N) is 1. The molecule has 0 aliphatic carbocycles. The molecule has 0 saturated heterocycles. The summed E-state index contributed by atoms with van der Waals surface area (Å²) in [6, 6.07) is 14.7. The van der Waals surface area contributed by atoms with Crippen molar-refractivity contribution in [1.29, 1.82) is 0 Å². The Balaban J connectivity index is 1.60. The molecule has 5 aromatic rings. The van der Waals surface area contributed by atoms with Crippen LogP contribution in [0.25, 0.3) is 33.3 Å². The minimum Gasteiger partial charge on any atom is -0.496 e. The zero-order valence-electron chi connectivity index (χ0n) is 19.6. The Kier molecular flexibility index (Phi) is 5.89. The SMILES string of the molecule is COc1cc(-c2cc(C)cc(C)c2)c(F)cc1-c1ncnc2cc(S(=O)(=O)Nc3ccon3)ccc12. The number of nitrogens with zero attached hydrogens (tertiary/aromatic N) is 3. The van der Waals surface area contributed by atoms with Gasteiger partial charge in [-0.1, -0.05) is 34.5 Å². The summed E-state index contributed by atoms with van der Waals surface area (Å²) in [5, 5.41) is 4.11. The summed E-state index contributed by atoms with van der Waals surface area (Å²) >= 11 is 0. The molecule has 0 unspecified atom stereocenters. The lowest BCUT2D eigenvalue weighted by molar-refractivity contribution is 0.415. The van der Waals surface area contributed by atoms with E-state index in [4.69, 9.17) is 4.74 Å². The van der Waals surface area contributed by atoms with E-state index in [1.165, 1.54) is 44.0 Å². The Hall–Kier alpha value is -4.31. The van der Waals surface area contributed by atoms with Crippen LogP contribution in [0.4, 0.5) is 10.2 Å². The summed E-state index contributed by atoms with van der Waals surface area (Å²) in [6.45, 7) is 3.92. The van der Waals surface area contributed by atoms with Crippen LogP contribution in [-0.2, 0) is 10.0 Å². The average Bonchev–Trinajstić information content (AvgIpc) is 3.35. The molecule has 10 heteroatoms. The number of halogens is 1. The highest BCUT2D eigenvalue weighted by atomic mass is 32.2. The Morgan fingerprint density at radius 1 is 0.944 bits per heavy atom. The monoisotopic (exact) mass is 504 g/mol. The number of ether oxygens (including phenoxy) is 1. The highest BCUT2D eigenvalue weighted by Gasteiger charge is 2.20. The van der Waals surface area contributed by atoms with Gasteiger partial charge in [-0.2, -0.15) is 0 Å². The number of aromatic nitrogens is 3. The molecule has 1 N–H and O–H groups in total. The largest absolute Gasteiger partial charge is 0.496 e. The van der Waals surface area contributed by atoms with E-state index in [-0.39, 0.29) is 10.7 Å². The molecule has 0 aliphatic heterocycles. The Labute approximate surface area is 206 Å². The molecule has 3 aromatic carbocycles. The summed E-state index contributed by atoms with van der Waals surface area (Å²) in [7, 11) is -2.43. The van der Waals surface area contributed by atoms with Crippen molar-refractivity contribution in [2.24, 2.45) is 0 Å². The first kappa shape index (κ1) is 23.4. The number of aryl methyl sites for hydroxylation is 2. The summed E-state index contributed by atoms with van der Waals surface area (Å²) in [6.07, 6.45) is 2.56. The van der Waals surface area contributed by atoms with E-state index in [1.54, 1.807) is 12.1 Å². The summed E-state index contributed by atoms with van der Waals surface area (Å²) < 4.78 is 53.5. The maximum Gasteiger partial charge on any atom is 0.263 e. The van der Waals surface area contributed by atoms with Gasteiger partial charge in [0.1, 0.15) is 24.2 Å². The molecule has 2 aromatic heterocycles.